The van der Waals surface area contributed by atoms with E-state index in [1.165, 1.54) is 0 Å². The van der Waals surface area contributed by atoms with Gasteiger partial charge in [0, 0.05) is 17.2 Å². The van der Waals surface area contributed by atoms with Crippen LogP contribution in [0.15, 0.2) is 12.1 Å². The van der Waals surface area contributed by atoms with Crippen LogP contribution in [0.1, 0.15) is 24.1 Å². The first-order chi connectivity index (χ1) is 6.70. The second-order valence-corrected chi connectivity index (χ2v) is 3.98. The van der Waals surface area contributed by atoms with Crippen LogP contribution in [0.3, 0.4) is 0 Å². The van der Waals surface area contributed by atoms with Crippen molar-refractivity contribution < 1.29 is 9.84 Å². The lowest BCUT2D eigenvalue weighted by molar-refractivity contribution is 0.254. The lowest BCUT2D eigenvalue weighted by atomic mass is 9.97. The number of hydrogen-bond acceptors (Lipinski definition) is 3. The molecule has 0 aromatic carbocycles. The number of aliphatic hydroxyl groups excluding tert-OH is 1. The highest BCUT2D eigenvalue weighted by atomic mass is 16.5. The van der Waals surface area contributed by atoms with Crippen LogP contribution in [0.5, 0.6) is 5.88 Å². The van der Waals surface area contributed by atoms with Crippen molar-refractivity contribution in [3.63, 3.8) is 0 Å². The van der Waals surface area contributed by atoms with E-state index in [-0.39, 0.29) is 12.0 Å². The molecule has 1 heterocycles. The van der Waals surface area contributed by atoms with Gasteiger partial charge in [0.05, 0.1) is 13.7 Å². The van der Waals surface area contributed by atoms with Crippen LogP contribution in [0.2, 0.25) is 0 Å². The van der Waals surface area contributed by atoms with Gasteiger partial charge in [-0.25, -0.2) is 4.98 Å². The number of pyridine rings is 1. The fraction of sp³-hybridized carbons (Fsp3) is 0.545. The van der Waals surface area contributed by atoms with Crippen molar-refractivity contribution in [1.29, 1.82) is 0 Å². The number of rotatable bonds is 3. The minimum absolute atomic E-state index is 0.000972. The van der Waals surface area contributed by atoms with E-state index < -0.39 is 0 Å². The van der Waals surface area contributed by atoms with Crippen molar-refractivity contribution in [2.45, 2.75) is 25.2 Å². The molecular weight excluding hydrogens is 178 g/mol. The maximum Gasteiger partial charge on any atom is 0.213 e. The van der Waals surface area contributed by atoms with Gasteiger partial charge in [-0.15, -0.1) is 0 Å². The Morgan fingerprint density at radius 1 is 1.50 bits per heavy atom. The van der Waals surface area contributed by atoms with Gasteiger partial charge in [-0.05, 0) is 31.4 Å². The third kappa shape index (κ3) is 1.48. The van der Waals surface area contributed by atoms with Crippen molar-refractivity contribution in [2.75, 3.05) is 13.7 Å². The summed E-state index contributed by atoms with van der Waals surface area (Å²) in [6, 6.07) is 3.96. The summed E-state index contributed by atoms with van der Waals surface area (Å²) < 4.78 is 5.11. The fourth-order valence-electron chi connectivity index (χ4n) is 1.74. The van der Waals surface area contributed by atoms with E-state index in [0.29, 0.717) is 5.88 Å². The zero-order chi connectivity index (χ0) is 10.2. The normalized spacial score (nSPS) is 17.9. The van der Waals surface area contributed by atoms with Crippen molar-refractivity contribution >= 4 is 0 Å². The Balaban J connectivity index is 2.38. The molecule has 3 heteroatoms. The Hall–Kier alpha value is -1.09. The maximum atomic E-state index is 9.30. The SMILES string of the molecule is COc1cc(C2(CO)CC2)cc(C)n1. The Morgan fingerprint density at radius 2 is 2.21 bits per heavy atom. The highest BCUT2D eigenvalue weighted by molar-refractivity contribution is 5.35. The quantitative estimate of drug-likeness (QED) is 0.789. The molecule has 2 rings (SSSR count). The van der Waals surface area contributed by atoms with Gasteiger partial charge >= 0.3 is 0 Å². The lowest BCUT2D eigenvalue weighted by Gasteiger charge is -2.13. The standard InChI is InChI=1S/C11H15NO2/c1-8-5-9(6-10(12-8)14-2)11(7-13)3-4-11/h5-6,13H,3-4,7H2,1-2H3. The van der Waals surface area contributed by atoms with Crippen LogP contribution >= 0.6 is 0 Å². The Morgan fingerprint density at radius 3 is 2.71 bits per heavy atom. The van der Waals surface area contributed by atoms with Crippen molar-refractivity contribution in [1.82, 2.24) is 4.98 Å². The van der Waals surface area contributed by atoms with Gasteiger partial charge in [0.1, 0.15) is 0 Å². The summed E-state index contributed by atoms with van der Waals surface area (Å²) in [6.07, 6.45) is 2.13. The number of ether oxygens (including phenoxy) is 1. The molecule has 76 valence electrons. The summed E-state index contributed by atoms with van der Waals surface area (Å²) in [6.45, 7) is 2.17. The van der Waals surface area contributed by atoms with E-state index in [0.717, 1.165) is 24.1 Å². The molecule has 0 spiro atoms. The van der Waals surface area contributed by atoms with Crippen LogP contribution in [0, 0.1) is 6.92 Å². The molecule has 1 aliphatic rings. The molecule has 1 aromatic heterocycles. The molecule has 14 heavy (non-hydrogen) atoms. The van der Waals surface area contributed by atoms with E-state index in [1.807, 2.05) is 19.1 Å². The van der Waals surface area contributed by atoms with Gasteiger partial charge in [0.2, 0.25) is 5.88 Å². The summed E-state index contributed by atoms with van der Waals surface area (Å²) in [5.74, 6) is 0.639. The zero-order valence-corrected chi connectivity index (χ0v) is 8.58. The number of aromatic nitrogens is 1. The van der Waals surface area contributed by atoms with E-state index in [9.17, 15) is 5.11 Å². The molecule has 1 aromatic rings. The third-order valence-electron chi connectivity index (χ3n) is 2.91. The van der Waals surface area contributed by atoms with Gasteiger partial charge in [-0.1, -0.05) is 0 Å². The fourth-order valence-corrected chi connectivity index (χ4v) is 1.74. The van der Waals surface area contributed by atoms with Gasteiger partial charge in [0.15, 0.2) is 0 Å². The molecule has 0 amide bonds. The smallest absolute Gasteiger partial charge is 0.213 e. The van der Waals surface area contributed by atoms with Crippen molar-refractivity contribution in [3.05, 3.63) is 23.4 Å². The van der Waals surface area contributed by atoms with Crippen LogP contribution in [-0.2, 0) is 5.41 Å². The highest BCUT2D eigenvalue weighted by Crippen LogP contribution is 2.48. The zero-order valence-electron chi connectivity index (χ0n) is 8.58. The molecule has 3 nitrogen and oxygen atoms in total. The Kier molecular flexibility index (Phi) is 2.19. The Labute approximate surface area is 83.7 Å². The molecule has 0 unspecified atom stereocenters. The van der Waals surface area contributed by atoms with Gasteiger partial charge in [-0.2, -0.15) is 0 Å². The minimum atomic E-state index is 0.000972. The molecule has 0 atom stereocenters. The van der Waals surface area contributed by atoms with Crippen molar-refractivity contribution in [3.8, 4) is 5.88 Å². The molecule has 1 N–H and O–H groups in total. The first-order valence-electron chi connectivity index (χ1n) is 4.84. The second kappa shape index (κ2) is 3.24. The monoisotopic (exact) mass is 193 g/mol. The lowest BCUT2D eigenvalue weighted by Crippen LogP contribution is -2.12. The first-order valence-corrected chi connectivity index (χ1v) is 4.84. The average Bonchev–Trinajstić information content (AvgIpc) is 2.97. The second-order valence-electron chi connectivity index (χ2n) is 3.98. The summed E-state index contributed by atoms with van der Waals surface area (Å²) in [5, 5.41) is 9.30. The van der Waals surface area contributed by atoms with E-state index in [2.05, 4.69) is 4.98 Å². The van der Waals surface area contributed by atoms with E-state index in [1.54, 1.807) is 7.11 Å². The number of hydrogen-bond donors (Lipinski definition) is 1. The van der Waals surface area contributed by atoms with E-state index in [4.69, 9.17) is 4.74 Å². The number of aryl methyl sites for hydroxylation is 1. The number of aliphatic hydroxyl groups is 1. The molecule has 1 fully saturated rings. The molecule has 0 aliphatic heterocycles. The molecule has 0 saturated heterocycles. The molecule has 0 bridgehead atoms. The Bertz CT molecular complexity index is 345. The molecule has 0 radical (unpaired) electrons. The molecule has 1 aliphatic carbocycles. The minimum Gasteiger partial charge on any atom is -0.481 e. The predicted octanol–water partition coefficient (Wildman–Crippen LogP) is 1.42. The van der Waals surface area contributed by atoms with Crippen molar-refractivity contribution in [2.24, 2.45) is 0 Å². The van der Waals surface area contributed by atoms with E-state index >= 15 is 0 Å². The average molecular weight is 193 g/mol. The van der Waals surface area contributed by atoms with Crippen LogP contribution in [0.25, 0.3) is 0 Å². The van der Waals surface area contributed by atoms with Gasteiger partial charge in [0.25, 0.3) is 0 Å². The summed E-state index contributed by atoms with van der Waals surface area (Å²) in [4.78, 5) is 4.22. The number of nitrogens with zero attached hydrogens (tertiary/aromatic N) is 1. The molecule has 1 saturated carbocycles. The van der Waals surface area contributed by atoms with Crippen LogP contribution in [-0.4, -0.2) is 23.8 Å². The number of methoxy groups -OCH3 is 1. The summed E-state index contributed by atoms with van der Waals surface area (Å²) in [7, 11) is 1.62. The first kappa shape index (κ1) is 9.46. The van der Waals surface area contributed by atoms with Gasteiger partial charge < -0.3 is 9.84 Å². The van der Waals surface area contributed by atoms with Gasteiger partial charge in [-0.3, -0.25) is 0 Å². The topological polar surface area (TPSA) is 42.4 Å². The predicted molar refractivity (Wildman–Crippen MR) is 53.5 cm³/mol. The maximum absolute atomic E-state index is 9.30. The molecular formula is C11H15NO2. The van der Waals surface area contributed by atoms with Crippen LogP contribution < -0.4 is 4.74 Å². The summed E-state index contributed by atoms with van der Waals surface area (Å²) in [5.41, 5.74) is 2.10. The summed E-state index contributed by atoms with van der Waals surface area (Å²) >= 11 is 0. The highest BCUT2D eigenvalue weighted by Gasteiger charge is 2.44. The third-order valence-corrected chi connectivity index (χ3v) is 2.91. The largest absolute Gasteiger partial charge is 0.481 e. The van der Waals surface area contributed by atoms with Crippen LogP contribution in [0.4, 0.5) is 0 Å².